The fourth-order valence-corrected chi connectivity index (χ4v) is 4.78. The summed E-state index contributed by atoms with van der Waals surface area (Å²) >= 11 is 0.803. The first-order valence-electron chi connectivity index (χ1n) is 12.2. The summed E-state index contributed by atoms with van der Waals surface area (Å²) in [7, 11) is 1.54. The number of nitrogens with zero attached hydrogens (tertiary/aromatic N) is 1. The van der Waals surface area contributed by atoms with Crippen molar-refractivity contribution >= 4 is 40.6 Å². The van der Waals surface area contributed by atoms with E-state index in [0.717, 1.165) is 33.4 Å². The lowest BCUT2D eigenvalue weighted by molar-refractivity contribution is -0.127. The fraction of sp³-hybridized carbons (Fsp3) is 0.233. The van der Waals surface area contributed by atoms with Crippen molar-refractivity contribution < 1.29 is 23.9 Å². The van der Waals surface area contributed by atoms with Crippen LogP contribution >= 0.6 is 11.8 Å². The second kappa shape index (κ2) is 12.0. The number of anilines is 1. The Morgan fingerprint density at radius 1 is 1.03 bits per heavy atom. The molecule has 0 bridgehead atoms. The fourth-order valence-electron chi connectivity index (χ4n) is 3.94. The quantitative estimate of drug-likeness (QED) is 0.323. The highest BCUT2D eigenvalue weighted by Gasteiger charge is 2.36. The maximum atomic E-state index is 12.9. The Labute approximate surface area is 226 Å². The third-order valence-corrected chi connectivity index (χ3v) is 6.91. The van der Waals surface area contributed by atoms with Crippen LogP contribution in [0.1, 0.15) is 42.0 Å². The number of ether oxygens (including phenoxy) is 2. The molecule has 0 aromatic heterocycles. The number of imide groups is 1. The molecule has 3 aromatic carbocycles. The lowest BCUT2D eigenvalue weighted by Gasteiger charge is -2.13. The molecule has 3 amide bonds. The normalized spacial score (nSPS) is 14.3. The molecule has 0 aliphatic carbocycles. The highest BCUT2D eigenvalue weighted by molar-refractivity contribution is 8.18. The van der Waals surface area contributed by atoms with Crippen LogP contribution in [-0.4, -0.2) is 35.6 Å². The number of carbonyl (C=O) groups is 3. The van der Waals surface area contributed by atoms with E-state index in [1.165, 1.54) is 0 Å². The van der Waals surface area contributed by atoms with Crippen molar-refractivity contribution in [1.29, 1.82) is 0 Å². The number of methoxy groups -OCH3 is 1. The number of thioether (sulfide) groups is 1. The third-order valence-electron chi connectivity index (χ3n) is 6.00. The maximum Gasteiger partial charge on any atom is 0.294 e. The van der Waals surface area contributed by atoms with Crippen LogP contribution < -0.4 is 14.8 Å². The Kier molecular flexibility index (Phi) is 8.53. The lowest BCUT2D eigenvalue weighted by Crippen LogP contribution is -2.36. The SMILES string of the molecule is COc1cc(/C=C2\SC(=O)N(CC(=O)Nc3ccc(C(C)C)cc3)C2=O)ccc1OCc1cccc(C)c1. The summed E-state index contributed by atoms with van der Waals surface area (Å²) < 4.78 is 11.4. The number of hydrogen-bond acceptors (Lipinski definition) is 6. The largest absolute Gasteiger partial charge is 0.493 e. The van der Waals surface area contributed by atoms with Crippen LogP contribution in [0.4, 0.5) is 10.5 Å². The number of hydrogen-bond donors (Lipinski definition) is 1. The molecule has 8 heteroatoms. The number of nitrogens with one attached hydrogen (secondary N) is 1. The smallest absolute Gasteiger partial charge is 0.294 e. The summed E-state index contributed by atoms with van der Waals surface area (Å²) in [5.41, 5.74) is 4.63. The first kappa shape index (κ1) is 27.0. The summed E-state index contributed by atoms with van der Waals surface area (Å²) in [5.74, 6) is 0.502. The van der Waals surface area contributed by atoms with Gasteiger partial charge in [-0.15, -0.1) is 0 Å². The van der Waals surface area contributed by atoms with Gasteiger partial charge in [0, 0.05) is 5.69 Å². The molecule has 0 radical (unpaired) electrons. The summed E-state index contributed by atoms with van der Waals surface area (Å²) in [4.78, 5) is 39.1. The van der Waals surface area contributed by atoms with Crippen LogP contribution in [0, 0.1) is 6.92 Å². The van der Waals surface area contributed by atoms with E-state index in [0.29, 0.717) is 35.3 Å². The van der Waals surface area contributed by atoms with Gasteiger partial charge in [-0.1, -0.05) is 61.9 Å². The number of carbonyl (C=O) groups excluding carboxylic acids is 3. The zero-order valence-corrected chi connectivity index (χ0v) is 22.6. The van der Waals surface area contributed by atoms with Crippen LogP contribution in [0.2, 0.25) is 0 Å². The van der Waals surface area contributed by atoms with Crippen molar-refractivity contribution in [2.24, 2.45) is 0 Å². The molecule has 0 unspecified atom stereocenters. The van der Waals surface area contributed by atoms with Gasteiger partial charge in [-0.2, -0.15) is 0 Å². The standard InChI is InChI=1S/C30H30N2O5S/c1-19(2)23-9-11-24(12-10-23)31-28(33)17-32-29(34)27(38-30(32)35)16-21-8-13-25(26(15-21)36-4)37-18-22-7-5-6-20(3)14-22/h5-16,19H,17-18H2,1-4H3,(H,31,33)/b27-16-. The second-order valence-electron chi connectivity index (χ2n) is 9.28. The lowest BCUT2D eigenvalue weighted by atomic mass is 10.0. The van der Waals surface area contributed by atoms with E-state index in [4.69, 9.17) is 9.47 Å². The second-order valence-corrected chi connectivity index (χ2v) is 10.3. The molecule has 38 heavy (non-hydrogen) atoms. The first-order chi connectivity index (χ1) is 18.2. The van der Waals surface area contributed by atoms with Crippen molar-refractivity contribution in [3.05, 3.63) is 93.9 Å². The number of benzene rings is 3. The minimum absolute atomic E-state index is 0.236. The molecule has 1 N–H and O–H groups in total. The predicted molar refractivity (Wildman–Crippen MR) is 150 cm³/mol. The van der Waals surface area contributed by atoms with Crippen LogP contribution in [0.15, 0.2) is 71.6 Å². The van der Waals surface area contributed by atoms with Crippen LogP contribution in [0.3, 0.4) is 0 Å². The zero-order chi connectivity index (χ0) is 27.2. The average Bonchev–Trinajstić information content (AvgIpc) is 3.15. The first-order valence-corrected chi connectivity index (χ1v) is 13.1. The predicted octanol–water partition coefficient (Wildman–Crippen LogP) is 6.38. The molecule has 1 fully saturated rings. The van der Waals surface area contributed by atoms with E-state index in [2.05, 4.69) is 25.2 Å². The summed E-state index contributed by atoms with van der Waals surface area (Å²) in [6, 6.07) is 20.9. The molecule has 1 heterocycles. The Hall–Kier alpha value is -4.04. The molecule has 196 valence electrons. The third kappa shape index (κ3) is 6.63. The maximum absolute atomic E-state index is 12.9. The number of rotatable bonds is 9. The van der Waals surface area contributed by atoms with Gasteiger partial charge in [0.05, 0.1) is 12.0 Å². The van der Waals surface area contributed by atoms with Gasteiger partial charge in [0.2, 0.25) is 5.91 Å². The van der Waals surface area contributed by atoms with Crippen LogP contribution in [0.25, 0.3) is 6.08 Å². The Balaban J connectivity index is 1.40. The van der Waals surface area contributed by atoms with Gasteiger partial charge in [-0.3, -0.25) is 19.3 Å². The number of aryl methyl sites for hydroxylation is 1. The van der Waals surface area contributed by atoms with Crippen molar-refractivity contribution in [1.82, 2.24) is 4.90 Å². The molecule has 3 aromatic rings. The van der Waals surface area contributed by atoms with Gasteiger partial charge in [-0.25, -0.2) is 0 Å². The van der Waals surface area contributed by atoms with Gasteiger partial charge < -0.3 is 14.8 Å². The van der Waals surface area contributed by atoms with Crippen molar-refractivity contribution in [3.8, 4) is 11.5 Å². The van der Waals surface area contributed by atoms with Gasteiger partial charge in [0.1, 0.15) is 13.2 Å². The Morgan fingerprint density at radius 3 is 2.47 bits per heavy atom. The highest BCUT2D eigenvalue weighted by Crippen LogP contribution is 2.35. The van der Waals surface area contributed by atoms with Crippen molar-refractivity contribution in [2.75, 3.05) is 19.0 Å². The van der Waals surface area contributed by atoms with Crippen LogP contribution in [0.5, 0.6) is 11.5 Å². The van der Waals surface area contributed by atoms with E-state index in [-0.39, 0.29) is 11.4 Å². The zero-order valence-electron chi connectivity index (χ0n) is 21.8. The van der Waals surface area contributed by atoms with E-state index < -0.39 is 17.1 Å². The van der Waals surface area contributed by atoms with Crippen molar-refractivity contribution in [2.45, 2.75) is 33.3 Å². The highest BCUT2D eigenvalue weighted by atomic mass is 32.2. The topological polar surface area (TPSA) is 84.9 Å². The molecular weight excluding hydrogens is 500 g/mol. The summed E-state index contributed by atoms with van der Waals surface area (Å²) in [6.45, 7) is 6.24. The van der Waals surface area contributed by atoms with E-state index in [1.54, 1.807) is 31.4 Å². The molecular formula is C30H30N2O5S. The molecule has 7 nitrogen and oxygen atoms in total. The molecule has 1 aliphatic heterocycles. The van der Waals surface area contributed by atoms with Gasteiger partial charge in [-0.05, 0) is 71.6 Å². The van der Waals surface area contributed by atoms with E-state index in [9.17, 15) is 14.4 Å². The summed E-state index contributed by atoms with van der Waals surface area (Å²) in [5, 5.41) is 2.26. The van der Waals surface area contributed by atoms with Gasteiger partial charge in [0.15, 0.2) is 11.5 Å². The molecule has 0 spiro atoms. The Morgan fingerprint density at radius 2 is 1.79 bits per heavy atom. The monoisotopic (exact) mass is 530 g/mol. The van der Waals surface area contributed by atoms with Crippen LogP contribution in [-0.2, 0) is 16.2 Å². The van der Waals surface area contributed by atoms with Crippen molar-refractivity contribution in [3.63, 3.8) is 0 Å². The molecule has 1 aliphatic rings. The Bertz CT molecular complexity index is 1380. The van der Waals surface area contributed by atoms with Gasteiger partial charge >= 0.3 is 0 Å². The average molecular weight is 531 g/mol. The molecule has 1 saturated heterocycles. The number of amides is 3. The molecule has 0 saturated carbocycles. The van der Waals surface area contributed by atoms with E-state index >= 15 is 0 Å². The molecule has 0 atom stereocenters. The molecule has 4 rings (SSSR count). The van der Waals surface area contributed by atoms with E-state index in [1.807, 2.05) is 49.4 Å². The minimum atomic E-state index is -0.510. The van der Waals surface area contributed by atoms with Gasteiger partial charge in [0.25, 0.3) is 11.1 Å². The summed E-state index contributed by atoms with van der Waals surface area (Å²) in [6.07, 6.45) is 1.61. The minimum Gasteiger partial charge on any atom is -0.493 e.